The molecule has 1 spiro atoms. The van der Waals surface area contributed by atoms with Gasteiger partial charge < -0.3 is 15.4 Å². The summed E-state index contributed by atoms with van der Waals surface area (Å²) in [7, 11) is 0. The van der Waals surface area contributed by atoms with Gasteiger partial charge in [-0.15, -0.1) is 0 Å². The van der Waals surface area contributed by atoms with E-state index in [1.807, 2.05) is 0 Å². The zero-order chi connectivity index (χ0) is 13.9. The highest BCUT2D eigenvalue weighted by atomic mass is 16.5. The average Bonchev–Trinajstić information content (AvgIpc) is 2.59. The molecule has 0 bridgehead atoms. The van der Waals surface area contributed by atoms with E-state index in [0.29, 0.717) is 38.5 Å². The normalized spacial score (nSPS) is 22.4. The molecule has 19 heavy (non-hydrogen) atoms. The highest BCUT2D eigenvalue weighted by Gasteiger charge is 2.51. The van der Waals surface area contributed by atoms with Crippen LogP contribution in [0.2, 0.25) is 0 Å². The number of nitrogens with zero attached hydrogens (tertiary/aromatic N) is 1. The van der Waals surface area contributed by atoms with Crippen LogP contribution in [0.25, 0.3) is 0 Å². The first-order valence-corrected chi connectivity index (χ1v) is 6.98. The third kappa shape index (κ3) is 3.06. The van der Waals surface area contributed by atoms with Gasteiger partial charge in [0.1, 0.15) is 5.54 Å². The van der Waals surface area contributed by atoms with E-state index in [1.165, 1.54) is 4.90 Å². The molecule has 2 N–H and O–H groups in total. The zero-order valence-corrected chi connectivity index (χ0v) is 11.7. The first-order valence-electron chi connectivity index (χ1n) is 6.98. The van der Waals surface area contributed by atoms with Crippen LogP contribution in [0.5, 0.6) is 0 Å². The number of hydrogen-bond donors (Lipinski definition) is 2. The molecular weight excluding hydrogens is 246 g/mol. The molecule has 6 heteroatoms. The summed E-state index contributed by atoms with van der Waals surface area (Å²) in [6.45, 7) is 7.07. The Bertz CT molecular complexity index is 351. The van der Waals surface area contributed by atoms with Crippen molar-refractivity contribution in [3.63, 3.8) is 0 Å². The van der Waals surface area contributed by atoms with Gasteiger partial charge in [0.25, 0.3) is 5.91 Å². The minimum absolute atomic E-state index is 0.0906. The van der Waals surface area contributed by atoms with E-state index in [2.05, 4.69) is 24.5 Å². The van der Waals surface area contributed by atoms with Crippen LogP contribution in [0.4, 0.5) is 4.79 Å². The molecule has 2 rings (SSSR count). The Morgan fingerprint density at radius 1 is 1.32 bits per heavy atom. The predicted molar refractivity (Wildman–Crippen MR) is 70.7 cm³/mol. The lowest BCUT2D eigenvalue weighted by Crippen LogP contribution is -2.54. The molecule has 108 valence electrons. The van der Waals surface area contributed by atoms with Crippen LogP contribution in [0.1, 0.15) is 26.7 Å². The SMILES string of the molecule is CC(C)COCCN1C(=O)NC2(CCNCC2)C1=O. The van der Waals surface area contributed by atoms with Gasteiger partial charge in [-0.1, -0.05) is 13.8 Å². The summed E-state index contributed by atoms with van der Waals surface area (Å²) in [6.07, 6.45) is 1.34. The second kappa shape index (κ2) is 5.88. The molecule has 3 amide bonds. The fraction of sp³-hybridized carbons (Fsp3) is 0.846. The van der Waals surface area contributed by atoms with Crippen LogP contribution in [-0.2, 0) is 9.53 Å². The van der Waals surface area contributed by atoms with Crippen molar-refractivity contribution in [1.29, 1.82) is 0 Å². The molecule has 0 atom stereocenters. The van der Waals surface area contributed by atoms with Gasteiger partial charge in [-0.05, 0) is 31.8 Å². The minimum Gasteiger partial charge on any atom is -0.379 e. The van der Waals surface area contributed by atoms with Crippen molar-refractivity contribution in [2.75, 3.05) is 32.8 Å². The predicted octanol–water partition coefficient (Wildman–Crippen LogP) is 0.333. The Morgan fingerprint density at radius 3 is 2.63 bits per heavy atom. The van der Waals surface area contributed by atoms with Crippen LogP contribution in [-0.4, -0.2) is 55.2 Å². The number of carbonyl (C=O) groups excluding carboxylic acids is 2. The summed E-state index contributed by atoms with van der Waals surface area (Å²) in [5, 5.41) is 6.06. The largest absolute Gasteiger partial charge is 0.379 e. The summed E-state index contributed by atoms with van der Waals surface area (Å²) in [6, 6.07) is -0.278. The Morgan fingerprint density at radius 2 is 2.00 bits per heavy atom. The van der Waals surface area contributed by atoms with Crippen molar-refractivity contribution in [1.82, 2.24) is 15.5 Å². The number of piperidine rings is 1. The summed E-state index contributed by atoms with van der Waals surface area (Å²) in [5.74, 6) is 0.367. The fourth-order valence-corrected chi connectivity index (χ4v) is 2.55. The number of imide groups is 1. The summed E-state index contributed by atoms with van der Waals surface area (Å²) in [5.41, 5.74) is -0.666. The number of nitrogens with one attached hydrogen (secondary N) is 2. The van der Waals surface area contributed by atoms with Gasteiger partial charge in [-0.2, -0.15) is 0 Å². The second-order valence-corrected chi connectivity index (χ2v) is 5.69. The van der Waals surface area contributed by atoms with Crippen molar-refractivity contribution in [3.05, 3.63) is 0 Å². The van der Waals surface area contributed by atoms with Gasteiger partial charge >= 0.3 is 6.03 Å². The Balaban J connectivity index is 1.87. The maximum atomic E-state index is 12.4. The lowest BCUT2D eigenvalue weighted by Gasteiger charge is -2.31. The molecule has 0 aliphatic carbocycles. The van der Waals surface area contributed by atoms with Gasteiger partial charge in [-0.25, -0.2) is 4.79 Å². The highest BCUT2D eigenvalue weighted by molar-refractivity contribution is 6.07. The van der Waals surface area contributed by atoms with Gasteiger partial charge in [-0.3, -0.25) is 9.69 Å². The van der Waals surface area contributed by atoms with E-state index in [9.17, 15) is 9.59 Å². The summed E-state index contributed by atoms with van der Waals surface area (Å²) < 4.78 is 5.44. The number of ether oxygens (including phenoxy) is 1. The molecule has 2 aliphatic heterocycles. The van der Waals surface area contributed by atoms with Gasteiger partial charge in [0, 0.05) is 6.61 Å². The standard InChI is InChI=1S/C13H23N3O3/c1-10(2)9-19-8-7-16-11(17)13(15-12(16)18)3-5-14-6-4-13/h10,14H,3-9H2,1-2H3,(H,15,18). The quantitative estimate of drug-likeness (QED) is 0.557. The molecule has 0 unspecified atom stereocenters. The lowest BCUT2D eigenvalue weighted by molar-refractivity contribution is -0.132. The molecule has 2 aliphatic rings. The fourth-order valence-electron chi connectivity index (χ4n) is 2.55. The molecule has 2 saturated heterocycles. The molecular formula is C13H23N3O3. The van der Waals surface area contributed by atoms with Crippen LogP contribution < -0.4 is 10.6 Å². The van der Waals surface area contributed by atoms with Crippen molar-refractivity contribution in [3.8, 4) is 0 Å². The van der Waals surface area contributed by atoms with Crippen molar-refractivity contribution >= 4 is 11.9 Å². The van der Waals surface area contributed by atoms with Crippen LogP contribution in [0, 0.1) is 5.92 Å². The smallest absolute Gasteiger partial charge is 0.325 e. The monoisotopic (exact) mass is 269 g/mol. The Hall–Kier alpha value is -1.14. The highest BCUT2D eigenvalue weighted by Crippen LogP contribution is 2.26. The molecule has 6 nitrogen and oxygen atoms in total. The molecule has 0 radical (unpaired) electrons. The van der Waals surface area contributed by atoms with Gasteiger partial charge in [0.05, 0.1) is 13.2 Å². The van der Waals surface area contributed by atoms with Crippen LogP contribution >= 0.6 is 0 Å². The van der Waals surface area contributed by atoms with Crippen molar-refractivity contribution in [2.24, 2.45) is 5.92 Å². The van der Waals surface area contributed by atoms with Crippen molar-refractivity contribution < 1.29 is 14.3 Å². The van der Waals surface area contributed by atoms with Gasteiger partial charge in [0.2, 0.25) is 0 Å². The maximum absolute atomic E-state index is 12.4. The van der Waals surface area contributed by atoms with E-state index < -0.39 is 5.54 Å². The average molecular weight is 269 g/mol. The molecule has 2 heterocycles. The minimum atomic E-state index is -0.666. The Kier molecular flexibility index (Phi) is 4.42. The molecule has 0 aromatic heterocycles. The maximum Gasteiger partial charge on any atom is 0.325 e. The molecule has 0 aromatic carbocycles. The Labute approximate surface area is 113 Å². The third-order valence-corrected chi connectivity index (χ3v) is 3.61. The number of carbonyl (C=O) groups is 2. The van der Waals surface area contributed by atoms with E-state index in [4.69, 9.17) is 4.74 Å². The topological polar surface area (TPSA) is 70.7 Å². The number of urea groups is 1. The summed E-state index contributed by atoms with van der Waals surface area (Å²) in [4.78, 5) is 25.6. The number of rotatable bonds is 5. The number of amides is 3. The van der Waals surface area contributed by atoms with Gasteiger partial charge in [0.15, 0.2) is 0 Å². The van der Waals surface area contributed by atoms with E-state index in [0.717, 1.165) is 13.1 Å². The summed E-state index contributed by atoms with van der Waals surface area (Å²) >= 11 is 0. The van der Waals surface area contributed by atoms with Crippen LogP contribution in [0.15, 0.2) is 0 Å². The second-order valence-electron chi connectivity index (χ2n) is 5.69. The van der Waals surface area contributed by atoms with E-state index in [1.54, 1.807) is 0 Å². The molecule has 0 saturated carbocycles. The zero-order valence-electron chi connectivity index (χ0n) is 11.7. The molecule has 2 fully saturated rings. The van der Waals surface area contributed by atoms with Crippen molar-refractivity contribution in [2.45, 2.75) is 32.2 Å². The first kappa shape index (κ1) is 14.3. The molecule has 0 aromatic rings. The first-order chi connectivity index (χ1) is 9.05. The number of hydrogen-bond acceptors (Lipinski definition) is 4. The third-order valence-electron chi connectivity index (χ3n) is 3.61. The van der Waals surface area contributed by atoms with Crippen LogP contribution in [0.3, 0.4) is 0 Å². The van der Waals surface area contributed by atoms with E-state index in [-0.39, 0.29) is 11.9 Å². The lowest BCUT2D eigenvalue weighted by atomic mass is 9.88. The van der Waals surface area contributed by atoms with E-state index >= 15 is 0 Å².